The molecule has 0 radical (unpaired) electrons. The van der Waals surface area contributed by atoms with Crippen LogP contribution in [0.2, 0.25) is 0 Å². The van der Waals surface area contributed by atoms with Gasteiger partial charge in [0.15, 0.2) is 0 Å². The van der Waals surface area contributed by atoms with Gasteiger partial charge in [0.25, 0.3) is 0 Å². The third-order valence-electron chi connectivity index (χ3n) is 4.79. The fourth-order valence-corrected chi connectivity index (χ4v) is 2.64. The lowest BCUT2D eigenvalue weighted by Gasteiger charge is -2.34. The van der Waals surface area contributed by atoms with E-state index in [9.17, 15) is 0 Å². The van der Waals surface area contributed by atoms with Crippen LogP contribution in [0, 0.1) is 11.8 Å². The lowest BCUT2D eigenvalue weighted by atomic mass is 9.81. The SMILES string of the molecule is CNCCC1CCC(COCC(C)(C)N(C)C)CC1. The first-order valence-corrected chi connectivity index (χ1v) is 7.85. The molecule has 0 spiro atoms. The van der Waals surface area contributed by atoms with E-state index in [1.165, 1.54) is 38.6 Å². The molecule has 0 aliphatic heterocycles. The zero-order valence-corrected chi connectivity index (χ0v) is 13.7. The van der Waals surface area contributed by atoms with Gasteiger partial charge in [-0.1, -0.05) is 12.8 Å². The van der Waals surface area contributed by atoms with Crippen LogP contribution in [0.25, 0.3) is 0 Å². The van der Waals surface area contributed by atoms with Gasteiger partial charge in [-0.3, -0.25) is 0 Å². The summed E-state index contributed by atoms with van der Waals surface area (Å²) in [6.07, 6.45) is 6.85. The van der Waals surface area contributed by atoms with E-state index in [0.717, 1.165) is 25.0 Å². The highest BCUT2D eigenvalue weighted by Gasteiger charge is 2.24. The molecule has 0 heterocycles. The minimum atomic E-state index is 0.143. The van der Waals surface area contributed by atoms with Crippen molar-refractivity contribution in [3.05, 3.63) is 0 Å². The van der Waals surface area contributed by atoms with Crippen molar-refractivity contribution in [1.29, 1.82) is 0 Å². The van der Waals surface area contributed by atoms with Gasteiger partial charge in [-0.2, -0.15) is 0 Å². The fraction of sp³-hybridized carbons (Fsp3) is 1.00. The lowest BCUT2D eigenvalue weighted by molar-refractivity contribution is 0.0110. The number of likely N-dealkylation sites (N-methyl/N-ethyl adjacent to an activating group) is 1. The third-order valence-corrected chi connectivity index (χ3v) is 4.79. The van der Waals surface area contributed by atoms with Gasteiger partial charge in [0, 0.05) is 12.1 Å². The van der Waals surface area contributed by atoms with Crippen LogP contribution in [0.15, 0.2) is 0 Å². The van der Waals surface area contributed by atoms with Gasteiger partial charge < -0.3 is 15.0 Å². The normalized spacial score (nSPS) is 24.9. The van der Waals surface area contributed by atoms with E-state index >= 15 is 0 Å². The van der Waals surface area contributed by atoms with Crippen LogP contribution in [0.5, 0.6) is 0 Å². The summed E-state index contributed by atoms with van der Waals surface area (Å²) in [5, 5.41) is 3.26. The second-order valence-corrected chi connectivity index (χ2v) is 7.00. The van der Waals surface area contributed by atoms with Crippen molar-refractivity contribution < 1.29 is 4.74 Å². The van der Waals surface area contributed by atoms with Crippen LogP contribution >= 0.6 is 0 Å². The minimum Gasteiger partial charge on any atom is -0.379 e. The smallest absolute Gasteiger partial charge is 0.0644 e. The van der Waals surface area contributed by atoms with Gasteiger partial charge >= 0.3 is 0 Å². The van der Waals surface area contributed by atoms with Crippen molar-refractivity contribution >= 4 is 0 Å². The van der Waals surface area contributed by atoms with Gasteiger partial charge in [-0.15, -0.1) is 0 Å². The molecule has 114 valence electrons. The molecular weight excluding hydrogens is 236 g/mol. The Morgan fingerprint density at radius 1 is 1.11 bits per heavy atom. The molecule has 1 N–H and O–H groups in total. The Morgan fingerprint density at radius 3 is 2.21 bits per heavy atom. The summed E-state index contributed by atoms with van der Waals surface area (Å²) in [5.74, 6) is 1.74. The maximum Gasteiger partial charge on any atom is 0.0644 e. The maximum atomic E-state index is 5.96. The Kier molecular flexibility index (Phi) is 7.33. The highest BCUT2D eigenvalue weighted by molar-refractivity contribution is 4.77. The largest absolute Gasteiger partial charge is 0.379 e. The first kappa shape index (κ1) is 16.9. The number of nitrogens with zero attached hydrogens (tertiary/aromatic N) is 1. The Morgan fingerprint density at radius 2 is 1.68 bits per heavy atom. The molecule has 0 aromatic carbocycles. The number of nitrogens with one attached hydrogen (secondary N) is 1. The average Bonchev–Trinajstić information content (AvgIpc) is 2.37. The molecule has 0 aromatic heterocycles. The first-order valence-electron chi connectivity index (χ1n) is 7.85. The van der Waals surface area contributed by atoms with Crippen LogP contribution in [-0.4, -0.2) is 51.3 Å². The van der Waals surface area contributed by atoms with Crippen LogP contribution in [0.4, 0.5) is 0 Å². The van der Waals surface area contributed by atoms with Gasteiger partial charge in [-0.25, -0.2) is 0 Å². The summed E-state index contributed by atoms with van der Waals surface area (Å²) in [6, 6.07) is 0. The predicted molar refractivity (Wildman–Crippen MR) is 82.6 cm³/mol. The predicted octanol–water partition coefficient (Wildman–Crippen LogP) is 2.76. The van der Waals surface area contributed by atoms with Crippen LogP contribution in [0.1, 0.15) is 46.0 Å². The second-order valence-electron chi connectivity index (χ2n) is 7.00. The summed E-state index contributed by atoms with van der Waals surface area (Å²) < 4.78 is 5.96. The van der Waals surface area contributed by atoms with E-state index in [1.54, 1.807) is 0 Å². The number of hydrogen-bond donors (Lipinski definition) is 1. The zero-order valence-electron chi connectivity index (χ0n) is 13.7. The Balaban J connectivity index is 2.13. The standard InChI is InChI=1S/C16H34N2O/c1-16(2,18(4)5)13-19-12-15-8-6-14(7-9-15)10-11-17-3/h14-15,17H,6-13H2,1-5H3. The van der Waals surface area contributed by atoms with Crippen LogP contribution in [0.3, 0.4) is 0 Å². The van der Waals surface area contributed by atoms with Crippen molar-refractivity contribution in [2.24, 2.45) is 11.8 Å². The first-order chi connectivity index (χ1) is 8.95. The van der Waals surface area contributed by atoms with Crippen molar-refractivity contribution in [1.82, 2.24) is 10.2 Å². The molecule has 0 bridgehead atoms. The van der Waals surface area contributed by atoms with E-state index in [1.807, 2.05) is 7.05 Å². The summed E-state index contributed by atoms with van der Waals surface area (Å²) in [4.78, 5) is 2.24. The zero-order chi connectivity index (χ0) is 14.3. The summed E-state index contributed by atoms with van der Waals surface area (Å²) >= 11 is 0. The van der Waals surface area contributed by atoms with Crippen LogP contribution in [-0.2, 0) is 4.74 Å². The molecular formula is C16H34N2O. The monoisotopic (exact) mass is 270 g/mol. The van der Waals surface area contributed by atoms with Gasteiger partial charge in [0.2, 0.25) is 0 Å². The topological polar surface area (TPSA) is 24.5 Å². The summed E-state index contributed by atoms with van der Waals surface area (Å²) in [5.41, 5.74) is 0.143. The van der Waals surface area contributed by atoms with E-state index in [4.69, 9.17) is 4.74 Å². The van der Waals surface area contributed by atoms with Gasteiger partial charge in [0.05, 0.1) is 6.61 Å². The molecule has 0 aromatic rings. The van der Waals surface area contributed by atoms with Crippen molar-refractivity contribution in [2.45, 2.75) is 51.5 Å². The maximum absolute atomic E-state index is 5.96. The molecule has 0 saturated heterocycles. The molecule has 1 aliphatic rings. The average molecular weight is 270 g/mol. The highest BCUT2D eigenvalue weighted by Crippen LogP contribution is 2.30. The number of ether oxygens (including phenoxy) is 1. The van der Waals surface area contributed by atoms with Crippen molar-refractivity contribution in [3.63, 3.8) is 0 Å². The molecule has 1 aliphatic carbocycles. The summed E-state index contributed by atoms with van der Waals surface area (Å²) in [7, 11) is 6.29. The molecule has 0 amide bonds. The lowest BCUT2D eigenvalue weighted by Crippen LogP contribution is -2.42. The van der Waals surface area contributed by atoms with Gasteiger partial charge in [-0.05, 0) is 72.6 Å². The van der Waals surface area contributed by atoms with E-state index in [2.05, 4.69) is 38.2 Å². The second kappa shape index (κ2) is 8.23. The van der Waals surface area contributed by atoms with Gasteiger partial charge in [0.1, 0.15) is 0 Å². The molecule has 1 saturated carbocycles. The molecule has 1 rings (SSSR count). The Bertz CT molecular complexity index is 233. The minimum absolute atomic E-state index is 0.143. The Labute approximate surface area is 120 Å². The molecule has 1 fully saturated rings. The van der Waals surface area contributed by atoms with Crippen molar-refractivity contribution in [3.8, 4) is 0 Å². The quantitative estimate of drug-likeness (QED) is 0.734. The third kappa shape index (κ3) is 6.24. The highest BCUT2D eigenvalue weighted by atomic mass is 16.5. The Hall–Kier alpha value is -0.120. The van der Waals surface area contributed by atoms with E-state index in [-0.39, 0.29) is 5.54 Å². The van der Waals surface area contributed by atoms with E-state index in [0.29, 0.717) is 0 Å². The number of rotatable bonds is 8. The fourth-order valence-electron chi connectivity index (χ4n) is 2.64. The van der Waals surface area contributed by atoms with E-state index < -0.39 is 0 Å². The number of hydrogen-bond acceptors (Lipinski definition) is 3. The molecule has 0 atom stereocenters. The molecule has 19 heavy (non-hydrogen) atoms. The van der Waals surface area contributed by atoms with Crippen LogP contribution < -0.4 is 5.32 Å². The summed E-state index contributed by atoms with van der Waals surface area (Å²) in [6.45, 7) is 7.43. The molecule has 0 unspecified atom stereocenters. The molecule has 3 nitrogen and oxygen atoms in total. The molecule has 3 heteroatoms. The van der Waals surface area contributed by atoms with Crippen molar-refractivity contribution in [2.75, 3.05) is 40.9 Å².